The van der Waals surface area contributed by atoms with Crippen LogP contribution in [0.25, 0.3) is 4.96 Å². The molecule has 0 aromatic carbocycles. The average Bonchev–Trinajstić information content (AvgIpc) is 2.87. The molecule has 0 bridgehead atoms. The van der Waals surface area contributed by atoms with Crippen LogP contribution in [0.5, 0.6) is 0 Å². The van der Waals surface area contributed by atoms with Crippen LogP contribution in [-0.4, -0.2) is 26.4 Å². The average molecular weight is 267 g/mol. The third kappa shape index (κ3) is 2.87. The van der Waals surface area contributed by atoms with E-state index in [2.05, 4.69) is 29.1 Å². The molecular formula is C12H21N5S. The molecule has 0 radical (unpaired) electrons. The first-order valence-corrected chi connectivity index (χ1v) is 7.31. The van der Waals surface area contributed by atoms with Gasteiger partial charge in [0, 0.05) is 6.42 Å². The van der Waals surface area contributed by atoms with Gasteiger partial charge in [0.25, 0.3) is 0 Å². The normalized spacial score (nSPS) is 13.6. The number of aromatic nitrogens is 4. The molecule has 2 rings (SSSR count). The van der Waals surface area contributed by atoms with E-state index in [0.29, 0.717) is 11.8 Å². The number of aryl methyl sites for hydroxylation is 2. The van der Waals surface area contributed by atoms with E-state index in [4.69, 9.17) is 5.73 Å². The largest absolute Gasteiger partial charge is 0.330 e. The van der Waals surface area contributed by atoms with E-state index < -0.39 is 0 Å². The second-order valence-corrected chi connectivity index (χ2v) is 6.10. The van der Waals surface area contributed by atoms with Crippen LogP contribution in [0.3, 0.4) is 0 Å². The minimum absolute atomic E-state index is 0.681. The highest BCUT2D eigenvalue weighted by molar-refractivity contribution is 7.16. The van der Waals surface area contributed by atoms with Gasteiger partial charge in [-0.15, -0.1) is 10.2 Å². The quantitative estimate of drug-likeness (QED) is 0.869. The van der Waals surface area contributed by atoms with Crippen molar-refractivity contribution in [3.63, 3.8) is 0 Å². The molecule has 2 heterocycles. The van der Waals surface area contributed by atoms with Crippen molar-refractivity contribution in [2.24, 2.45) is 17.6 Å². The molecule has 100 valence electrons. The van der Waals surface area contributed by atoms with Gasteiger partial charge in [-0.05, 0) is 38.1 Å². The first kappa shape index (κ1) is 13.4. The molecule has 0 aliphatic rings. The molecule has 0 amide bonds. The highest BCUT2D eigenvalue weighted by Gasteiger charge is 2.15. The van der Waals surface area contributed by atoms with Crippen molar-refractivity contribution < 1.29 is 0 Å². The summed E-state index contributed by atoms with van der Waals surface area (Å²) >= 11 is 1.64. The first-order chi connectivity index (χ1) is 8.61. The summed E-state index contributed by atoms with van der Waals surface area (Å²) in [4.78, 5) is 0.891. The molecule has 6 heteroatoms. The lowest BCUT2D eigenvalue weighted by Crippen LogP contribution is -2.15. The number of rotatable bonds is 6. The van der Waals surface area contributed by atoms with Crippen LogP contribution in [0.15, 0.2) is 0 Å². The third-order valence-electron chi connectivity index (χ3n) is 3.40. The van der Waals surface area contributed by atoms with Crippen molar-refractivity contribution >= 4 is 16.3 Å². The maximum atomic E-state index is 5.67. The number of fused-ring (bicyclic) bond motifs is 1. The maximum Gasteiger partial charge on any atom is 0.234 e. The van der Waals surface area contributed by atoms with Crippen molar-refractivity contribution in [2.45, 2.75) is 40.0 Å². The van der Waals surface area contributed by atoms with Gasteiger partial charge >= 0.3 is 0 Å². The molecule has 2 N–H and O–H groups in total. The fourth-order valence-corrected chi connectivity index (χ4v) is 3.08. The summed E-state index contributed by atoms with van der Waals surface area (Å²) in [6.45, 7) is 7.23. The molecule has 0 fully saturated rings. The lowest BCUT2D eigenvalue weighted by atomic mass is 9.88. The van der Waals surface area contributed by atoms with E-state index in [-0.39, 0.29) is 0 Å². The van der Waals surface area contributed by atoms with Gasteiger partial charge in [-0.1, -0.05) is 25.2 Å². The van der Waals surface area contributed by atoms with Crippen LogP contribution in [0.2, 0.25) is 0 Å². The highest BCUT2D eigenvalue weighted by atomic mass is 32.1. The van der Waals surface area contributed by atoms with E-state index in [0.717, 1.165) is 41.6 Å². The molecule has 0 saturated carbocycles. The van der Waals surface area contributed by atoms with Crippen LogP contribution < -0.4 is 5.73 Å². The molecule has 2 aromatic heterocycles. The van der Waals surface area contributed by atoms with Crippen molar-refractivity contribution in [2.75, 3.05) is 6.54 Å². The fourth-order valence-electron chi connectivity index (χ4n) is 2.19. The van der Waals surface area contributed by atoms with Gasteiger partial charge < -0.3 is 5.73 Å². The molecule has 2 aromatic rings. The molecule has 0 spiro atoms. The van der Waals surface area contributed by atoms with Crippen LogP contribution in [0.1, 0.15) is 37.5 Å². The van der Waals surface area contributed by atoms with E-state index in [9.17, 15) is 0 Å². The van der Waals surface area contributed by atoms with Gasteiger partial charge in [-0.3, -0.25) is 0 Å². The second kappa shape index (κ2) is 5.75. The van der Waals surface area contributed by atoms with Crippen molar-refractivity contribution in [3.05, 3.63) is 10.8 Å². The van der Waals surface area contributed by atoms with E-state index in [1.165, 1.54) is 0 Å². The molecule has 0 aliphatic carbocycles. The molecule has 5 nitrogen and oxygen atoms in total. The Balaban J connectivity index is 2.00. The topological polar surface area (TPSA) is 69.1 Å². The van der Waals surface area contributed by atoms with Gasteiger partial charge in [0.05, 0.1) is 0 Å². The zero-order valence-electron chi connectivity index (χ0n) is 11.3. The summed E-state index contributed by atoms with van der Waals surface area (Å²) < 4.78 is 1.83. The Morgan fingerprint density at radius 1 is 1.28 bits per heavy atom. The SMILES string of the molecule is Cc1nnc2sc(CCC(CCN)C(C)C)nn12. The van der Waals surface area contributed by atoms with Gasteiger partial charge in [-0.2, -0.15) is 9.61 Å². The summed E-state index contributed by atoms with van der Waals surface area (Å²) in [7, 11) is 0. The predicted molar refractivity (Wildman–Crippen MR) is 73.7 cm³/mol. The summed E-state index contributed by atoms with van der Waals surface area (Å²) in [5, 5.41) is 13.8. The lowest BCUT2D eigenvalue weighted by Gasteiger charge is -2.19. The number of nitrogens with two attached hydrogens (primary N) is 1. The van der Waals surface area contributed by atoms with Crippen LogP contribution in [0.4, 0.5) is 0 Å². The monoisotopic (exact) mass is 267 g/mol. The van der Waals surface area contributed by atoms with E-state index in [1.807, 2.05) is 11.4 Å². The van der Waals surface area contributed by atoms with Gasteiger partial charge in [0.15, 0.2) is 5.82 Å². The van der Waals surface area contributed by atoms with Crippen LogP contribution in [0, 0.1) is 18.8 Å². The highest BCUT2D eigenvalue weighted by Crippen LogP contribution is 2.23. The summed E-state index contributed by atoms with van der Waals surface area (Å²) in [5.74, 6) is 2.22. The zero-order valence-corrected chi connectivity index (χ0v) is 12.1. The number of hydrogen-bond donors (Lipinski definition) is 1. The van der Waals surface area contributed by atoms with Crippen LogP contribution >= 0.6 is 11.3 Å². The molecular weight excluding hydrogens is 246 g/mol. The first-order valence-electron chi connectivity index (χ1n) is 6.49. The van der Waals surface area contributed by atoms with Crippen molar-refractivity contribution in [1.82, 2.24) is 19.8 Å². The third-order valence-corrected chi connectivity index (χ3v) is 4.36. The Bertz CT molecular complexity index is 502. The predicted octanol–water partition coefficient (Wildman–Crippen LogP) is 2.05. The van der Waals surface area contributed by atoms with E-state index in [1.54, 1.807) is 11.3 Å². The molecule has 18 heavy (non-hydrogen) atoms. The van der Waals surface area contributed by atoms with Gasteiger partial charge in [-0.25, -0.2) is 0 Å². The Labute approximate surface area is 111 Å². The zero-order chi connectivity index (χ0) is 13.1. The Hall–Kier alpha value is -1.01. The number of nitrogens with zero attached hydrogens (tertiary/aromatic N) is 4. The minimum atomic E-state index is 0.681. The summed E-state index contributed by atoms with van der Waals surface area (Å²) in [6.07, 6.45) is 3.26. The second-order valence-electron chi connectivity index (χ2n) is 5.06. The summed E-state index contributed by atoms with van der Waals surface area (Å²) in [5.41, 5.74) is 5.67. The Morgan fingerprint density at radius 3 is 2.67 bits per heavy atom. The van der Waals surface area contributed by atoms with Crippen LogP contribution in [-0.2, 0) is 6.42 Å². The lowest BCUT2D eigenvalue weighted by molar-refractivity contribution is 0.341. The smallest absolute Gasteiger partial charge is 0.234 e. The molecule has 1 atom stereocenters. The van der Waals surface area contributed by atoms with Crippen molar-refractivity contribution in [1.29, 1.82) is 0 Å². The summed E-state index contributed by atoms with van der Waals surface area (Å²) in [6, 6.07) is 0. The number of hydrogen-bond acceptors (Lipinski definition) is 5. The minimum Gasteiger partial charge on any atom is -0.330 e. The Kier molecular flexibility index (Phi) is 4.29. The molecule has 1 unspecified atom stereocenters. The van der Waals surface area contributed by atoms with E-state index >= 15 is 0 Å². The van der Waals surface area contributed by atoms with Gasteiger partial charge in [0.1, 0.15) is 5.01 Å². The molecule has 0 aliphatic heterocycles. The maximum absolute atomic E-state index is 5.67. The fraction of sp³-hybridized carbons (Fsp3) is 0.750. The molecule has 0 saturated heterocycles. The van der Waals surface area contributed by atoms with Crippen molar-refractivity contribution in [3.8, 4) is 0 Å². The standard InChI is InChI=1S/C12H21N5S/c1-8(2)10(6-7-13)4-5-11-16-17-9(3)14-15-12(17)18-11/h8,10H,4-7,13H2,1-3H3. The van der Waals surface area contributed by atoms with Gasteiger partial charge in [0.2, 0.25) is 4.96 Å². The Morgan fingerprint density at radius 2 is 2.06 bits per heavy atom.